The predicted molar refractivity (Wildman–Crippen MR) is 119 cm³/mol. The number of halogens is 4. The van der Waals surface area contributed by atoms with Gasteiger partial charge in [-0.1, -0.05) is 26.8 Å². The number of aryl methyl sites for hydroxylation is 1. The van der Waals surface area contributed by atoms with Gasteiger partial charge in [-0.15, -0.1) is 0 Å². The summed E-state index contributed by atoms with van der Waals surface area (Å²) in [5.41, 5.74) is -1.16. The first-order valence-electron chi connectivity index (χ1n) is 10.6. The zero-order valence-corrected chi connectivity index (χ0v) is 19.0. The van der Waals surface area contributed by atoms with Gasteiger partial charge in [0.05, 0.1) is 18.7 Å². The number of pyridine rings is 1. The highest BCUT2D eigenvalue weighted by Crippen LogP contribution is 2.60. The molecule has 1 aromatic heterocycles. The highest BCUT2D eigenvalue weighted by molar-refractivity contribution is 5.92. The van der Waals surface area contributed by atoms with Crippen molar-refractivity contribution in [1.29, 1.82) is 0 Å². The molecular weight excluding hydrogens is 440 g/mol. The van der Waals surface area contributed by atoms with Crippen LogP contribution in [0.4, 0.5) is 23.2 Å². The van der Waals surface area contributed by atoms with E-state index < -0.39 is 29.4 Å². The van der Waals surface area contributed by atoms with Crippen LogP contribution in [0.25, 0.3) is 10.9 Å². The van der Waals surface area contributed by atoms with E-state index in [-0.39, 0.29) is 23.3 Å². The van der Waals surface area contributed by atoms with Gasteiger partial charge in [0.15, 0.2) is 17.2 Å². The van der Waals surface area contributed by atoms with Gasteiger partial charge in [0.1, 0.15) is 0 Å². The minimum atomic E-state index is -3.53. The van der Waals surface area contributed by atoms with Crippen molar-refractivity contribution in [2.45, 2.75) is 51.9 Å². The smallest absolute Gasteiger partial charge is 0.388 e. The standard InChI is InChI=1S/C22H20F4N2O3.C2H6/c1-4-21(22(25,26)31-21)20(13-5-7-16(30-3)19(24)18(13)23)28-15-10-11(2)9-14-12(15)6-8-17(29)27-14;1-2/h5-10,20,28H,4H2,1-3H3,(H,27,29);1-2H3. The molecule has 1 aliphatic rings. The molecule has 178 valence electrons. The van der Waals surface area contributed by atoms with Gasteiger partial charge in [0.2, 0.25) is 11.4 Å². The number of hydrogen-bond acceptors (Lipinski definition) is 4. The molecule has 33 heavy (non-hydrogen) atoms. The van der Waals surface area contributed by atoms with Crippen molar-refractivity contribution < 1.29 is 27.0 Å². The Bertz CT molecular complexity index is 1230. The summed E-state index contributed by atoms with van der Waals surface area (Å²) in [6.07, 6.45) is -3.69. The maximum Gasteiger partial charge on any atom is 0.388 e. The molecule has 2 unspecified atom stereocenters. The molecular formula is C24H26F4N2O3. The number of hydrogen-bond donors (Lipinski definition) is 2. The zero-order valence-electron chi connectivity index (χ0n) is 19.0. The summed E-state index contributed by atoms with van der Waals surface area (Å²) in [7, 11) is 1.18. The van der Waals surface area contributed by atoms with Gasteiger partial charge in [0.25, 0.3) is 0 Å². The van der Waals surface area contributed by atoms with Crippen LogP contribution in [0.2, 0.25) is 0 Å². The maximum absolute atomic E-state index is 15.0. The van der Waals surface area contributed by atoms with Crippen LogP contribution in [0.15, 0.2) is 41.2 Å². The molecule has 1 saturated heterocycles. The summed E-state index contributed by atoms with van der Waals surface area (Å²) in [5.74, 6) is -2.92. The second-order valence-corrected chi connectivity index (χ2v) is 7.52. The topological polar surface area (TPSA) is 66.7 Å². The van der Waals surface area contributed by atoms with Crippen LogP contribution < -0.4 is 15.6 Å². The first-order valence-corrected chi connectivity index (χ1v) is 10.6. The monoisotopic (exact) mass is 466 g/mol. The van der Waals surface area contributed by atoms with Gasteiger partial charge < -0.3 is 15.0 Å². The number of methoxy groups -OCH3 is 1. The van der Waals surface area contributed by atoms with Crippen LogP contribution >= 0.6 is 0 Å². The summed E-state index contributed by atoms with van der Waals surface area (Å²) >= 11 is 0. The number of rotatable bonds is 6. The Morgan fingerprint density at radius 1 is 1.12 bits per heavy atom. The number of aromatic nitrogens is 1. The molecule has 0 spiro atoms. The number of epoxide rings is 1. The average molecular weight is 466 g/mol. The molecule has 0 radical (unpaired) electrons. The van der Waals surface area contributed by atoms with Crippen molar-refractivity contribution in [3.05, 3.63) is 69.5 Å². The van der Waals surface area contributed by atoms with Crippen LogP contribution in [0.5, 0.6) is 5.75 Å². The Morgan fingerprint density at radius 2 is 1.79 bits per heavy atom. The van der Waals surface area contributed by atoms with Crippen LogP contribution in [0.3, 0.4) is 0 Å². The molecule has 3 aromatic rings. The van der Waals surface area contributed by atoms with Crippen molar-refractivity contribution in [3.63, 3.8) is 0 Å². The minimum Gasteiger partial charge on any atom is -0.494 e. The highest BCUT2D eigenvalue weighted by atomic mass is 19.3. The van der Waals surface area contributed by atoms with E-state index in [0.717, 1.165) is 5.56 Å². The molecule has 0 bridgehead atoms. The lowest BCUT2D eigenvalue weighted by molar-refractivity contribution is 0.000430. The Labute approximate surface area is 188 Å². The lowest BCUT2D eigenvalue weighted by Crippen LogP contribution is -2.34. The van der Waals surface area contributed by atoms with Crippen molar-refractivity contribution >= 4 is 16.6 Å². The zero-order chi connectivity index (χ0) is 24.6. The second-order valence-electron chi connectivity index (χ2n) is 7.52. The van der Waals surface area contributed by atoms with Crippen LogP contribution in [-0.4, -0.2) is 23.8 Å². The molecule has 0 saturated carbocycles. The molecule has 4 rings (SSSR count). The molecule has 5 nitrogen and oxygen atoms in total. The summed E-state index contributed by atoms with van der Waals surface area (Å²) in [4.78, 5) is 14.4. The molecule has 1 aliphatic heterocycles. The second kappa shape index (κ2) is 9.05. The van der Waals surface area contributed by atoms with Gasteiger partial charge in [0, 0.05) is 22.7 Å². The van der Waals surface area contributed by atoms with Crippen LogP contribution in [0.1, 0.15) is 44.4 Å². The fraction of sp³-hybridized carbons (Fsp3) is 0.375. The van der Waals surface area contributed by atoms with Gasteiger partial charge in [-0.05, 0) is 43.2 Å². The normalized spacial score (nSPS) is 19.4. The first-order chi connectivity index (χ1) is 15.6. The van der Waals surface area contributed by atoms with Gasteiger partial charge >= 0.3 is 6.11 Å². The molecule has 2 atom stereocenters. The van der Waals surface area contributed by atoms with Crippen molar-refractivity contribution in [2.75, 3.05) is 12.4 Å². The number of fused-ring (bicyclic) bond motifs is 1. The largest absolute Gasteiger partial charge is 0.494 e. The lowest BCUT2D eigenvalue weighted by Gasteiger charge is -2.27. The maximum atomic E-state index is 15.0. The number of H-pyrrole nitrogens is 1. The van der Waals surface area contributed by atoms with E-state index in [1.165, 1.54) is 38.3 Å². The number of anilines is 1. The molecule has 2 N–H and O–H groups in total. The molecule has 9 heteroatoms. The van der Waals surface area contributed by atoms with Crippen LogP contribution in [0, 0.1) is 18.6 Å². The Balaban J connectivity index is 0.00000149. The van der Waals surface area contributed by atoms with E-state index in [1.54, 1.807) is 19.1 Å². The van der Waals surface area contributed by atoms with Gasteiger partial charge in [-0.25, -0.2) is 4.39 Å². The quantitative estimate of drug-likeness (QED) is 0.342. The van der Waals surface area contributed by atoms with Crippen molar-refractivity contribution in [3.8, 4) is 5.75 Å². The van der Waals surface area contributed by atoms with Gasteiger partial charge in [-0.3, -0.25) is 9.53 Å². The highest BCUT2D eigenvalue weighted by Gasteiger charge is 2.77. The van der Waals surface area contributed by atoms with E-state index in [0.29, 0.717) is 16.6 Å². The SMILES string of the molecule is CC.CCC1(C(Nc2cc(C)cc3[nH]c(=O)ccc23)c2ccc(OC)c(F)c2F)OC1(F)F. The van der Waals surface area contributed by atoms with Gasteiger partial charge in [-0.2, -0.15) is 13.2 Å². The number of nitrogens with one attached hydrogen (secondary N) is 2. The van der Waals surface area contributed by atoms with Crippen molar-refractivity contribution in [1.82, 2.24) is 4.98 Å². The molecule has 2 aromatic carbocycles. The summed E-state index contributed by atoms with van der Waals surface area (Å²) < 4.78 is 67.7. The van der Waals surface area contributed by atoms with E-state index in [2.05, 4.69) is 10.3 Å². The number of benzene rings is 2. The lowest BCUT2D eigenvalue weighted by atomic mass is 9.88. The summed E-state index contributed by atoms with van der Waals surface area (Å²) in [5, 5.41) is 3.47. The Hall–Kier alpha value is -3.07. The minimum absolute atomic E-state index is 0.161. The Morgan fingerprint density at radius 3 is 2.36 bits per heavy atom. The molecule has 0 aliphatic carbocycles. The molecule has 0 amide bonds. The third-order valence-electron chi connectivity index (χ3n) is 5.64. The molecule has 2 heterocycles. The summed E-state index contributed by atoms with van der Waals surface area (Å²) in [6, 6.07) is 7.18. The third-order valence-corrected chi connectivity index (χ3v) is 5.64. The first kappa shape index (κ1) is 24.6. The van der Waals surface area contributed by atoms with E-state index in [9.17, 15) is 22.4 Å². The summed E-state index contributed by atoms with van der Waals surface area (Å²) in [6.45, 7) is 7.25. The number of alkyl halides is 2. The van der Waals surface area contributed by atoms with Crippen LogP contribution in [-0.2, 0) is 4.74 Å². The van der Waals surface area contributed by atoms with E-state index in [4.69, 9.17) is 9.47 Å². The van der Waals surface area contributed by atoms with E-state index >= 15 is 0 Å². The predicted octanol–water partition coefficient (Wildman–Crippen LogP) is 6.07. The third kappa shape index (κ3) is 4.17. The Kier molecular flexibility index (Phi) is 6.74. The fourth-order valence-electron chi connectivity index (χ4n) is 3.97. The number of ether oxygens (including phenoxy) is 2. The molecule has 1 fully saturated rings. The van der Waals surface area contributed by atoms with Crippen molar-refractivity contribution in [2.24, 2.45) is 0 Å². The average Bonchev–Trinajstić information content (AvgIpc) is 3.37. The van der Waals surface area contributed by atoms with E-state index in [1.807, 2.05) is 13.8 Å². The number of aromatic amines is 1. The fourth-order valence-corrected chi connectivity index (χ4v) is 3.97.